The summed E-state index contributed by atoms with van der Waals surface area (Å²) < 4.78 is 11.0. The predicted molar refractivity (Wildman–Crippen MR) is 172 cm³/mol. The molecule has 1 aliphatic heterocycles. The number of para-hydroxylation sites is 1. The van der Waals surface area contributed by atoms with Gasteiger partial charge < -0.3 is 24.6 Å². The van der Waals surface area contributed by atoms with Gasteiger partial charge >= 0.3 is 0 Å². The molecule has 0 unspecified atom stereocenters. The van der Waals surface area contributed by atoms with Crippen molar-refractivity contribution in [2.75, 3.05) is 50.0 Å². The summed E-state index contributed by atoms with van der Waals surface area (Å²) in [5.74, 6) is -1.65. The Labute approximate surface area is 261 Å². The minimum Gasteiger partial charge on any atom is -0.493 e. The monoisotopic (exact) mass is 606 g/mol. The number of hydrogen-bond acceptors (Lipinski definition) is 7. The number of hydrogen-bond donors (Lipinski definition) is 1. The first-order valence-corrected chi connectivity index (χ1v) is 14.3. The third-order valence-electron chi connectivity index (χ3n) is 7.62. The lowest BCUT2D eigenvalue weighted by Gasteiger charge is -2.33. The molecule has 0 spiro atoms. The Hall–Kier alpha value is -5.64. The van der Waals surface area contributed by atoms with E-state index in [1.807, 2.05) is 61.5 Å². The van der Waals surface area contributed by atoms with Crippen LogP contribution in [0.25, 0.3) is 0 Å². The van der Waals surface area contributed by atoms with Crippen LogP contribution in [0, 0.1) is 0 Å². The van der Waals surface area contributed by atoms with Gasteiger partial charge in [-0.15, -0.1) is 0 Å². The number of carbonyl (C=O) groups excluding carboxylic acids is 4. The summed E-state index contributed by atoms with van der Waals surface area (Å²) in [7, 11) is 6.84. The SMILES string of the molecule is COc1ccc([C@@H](C(=O)Nc2ccc(N(C)C)cc2)N(Cc2ccccc2)C(=O)CN2C(=O)C(=O)c3ccccc32)cc1OC. The Morgan fingerprint density at radius 2 is 1.49 bits per heavy atom. The molecule has 5 rings (SSSR count). The molecule has 1 atom stereocenters. The molecule has 3 amide bonds. The van der Waals surface area contributed by atoms with Crippen LogP contribution in [-0.2, 0) is 20.9 Å². The van der Waals surface area contributed by atoms with Crippen LogP contribution in [-0.4, -0.2) is 63.3 Å². The first-order valence-electron chi connectivity index (χ1n) is 14.3. The zero-order valence-corrected chi connectivity index (χ0v) is 25.5. The van der Waals surface area contributed by atoms with Gasteiger partial charge in [-0.2, -0.15) is 0 Å². The summed E-state index contributed by atoms with van der Waals surface area (Å²) in [6.45, 7) is -0.397. The summed E-state index contributed by atoms with van der Waals surface area (Å²) in [5, 5.41) is 2.96. The molecule has 0 aliphatic carbocycles. The van der Waals surface area contributed by atoms with E-state index >= 15 is 0 Å². The summed E-state index contributed by atoms with van der Waals surface area (Å²) in [6.07, 6.45) is 0. The maximum atomic E-state index is 14.3. The Balaban J connectivity index is 1.57. The number of Topliss-reactive ketones (excluding diaryl/α,β-unsaturated/α-hetero) is 1. The summed E-state index contributed by atoms with van der Waals surface area (Å²) in [5.41, 5.74) is 3.31. The largest absolute Gasteiger partial charge is 0.493 e. The van der Waals surface area contributed by atoms with Gasteiger partial charge in [0.05, 0.1) is 25.5 Å². The molecule has 0 bridgehead atoms. The molecule has 10 heteroatoms. The van der Waals surface area contributed by atoms with Gasteiger partial charge in [-0.3, -0.25) is 24.1 Å². The highest BCUT2D eigenvalue weighted by Gasteiger charge is 2.39. The second-order valence-electron chi connectivity index (χ2n) is 10.7. The fourth-order valence-corrected chi connectivity index (χ4v) is 5.28. The van der Waals surface area contributed by atoms with E-state index in [1.54, 1.807) is 54.6 Å². The van der Waals surface area contributed by atoms with Crippen LogP contribution in [0.5, 0.6) is 11.5 Å². The minimum atomic E-state index is -1.16. The lowest BCUT2D eigenvalue weighted by atomic mass is 10.0. The molecule has 0 aromatic heterocycles. The van der Waals surface area contributed by atoms with E-state index in [0.717, 1.165) is 11.3 Å². The van der Waals surface area contributed by atoms with Crippen LogP contribution >= 0.6 is 0 Å². The van der Waals surface area contributed by atoms with Crippen LogP contribution in [0.15, 0.2) is 97.1 Å². The molecular weight excluding hydrogens is 572 g/mol. The second-order valence-corrected chi connectivity index (χ2v) is 10.7. The molecule has 1 aliphatic rings. The highest BCUT2D eigenvalue weighted by molar-refractivity contribution is 6.52. The lowest BCUT2D eigenvalue weighted by molar-refractivity contribution is -0.139. The van der Waals surface area contributed by atoms with E-state index in [1.165, 1.54) is 24.0 Å². The van der Waals surface area contributed by atoms with E-state index in [4.69, 9.17) is 9.47 Å². The van der Waals surface area contributed by atoms with Gasteiger partial charge in [-0.25, -0.2) is 0 Å². The van der Waals surface area contributed by atoms with Crippen molar-refractivity contribution in [2.24, 2.45) is 0 Å². The first kappa shape index (κ1) is 30.8. The average Bonchev–Trinajstić information content (AvgIpc) is 3.29. The van der Waals surface area contributed by atoms with Gasteiger partial charge in [0, 0.05) is 32.0 Å². The van der Waals surface area contributed by atoms with E-state index < -0.39 is 36.1 Å². The maximum absolute atomic E-state index is 14.3. The summed E-state index contributed by atoms with van der Waals surface area (Å²) in [4.78, 5) is 58.8. The van der Waals surface area contributed by atoms with Crippen molar-refractivity contribution in [1.29, 1.82) is 0 Å². The third-order valence-corrected chi connectivity index (χ3v) is 7.62. The maximum Gasteiger partial charge on any atom is 0.299 e. The average molecular weight is 607 g/mol. The van der Waals surface area contributed by atoms with Crippen LogP contribution in [0.2, 0.25) is 0 Å². The van der Waals surface area contributed by atoms with Crippen molar-refractivity contribution >= 4 is 40.6 Å². The molecule has 0 radical (unpaired) electrons. The Morgan fingerprint density at radius 3 is 2.16 bits per heavy atom. The van der Waals surface area contributed by atoms with Crippen molar-refractivity contribution < 1.29 is 28.7 Å². The van der Waals surface area contributed by atoms with E-state index in [-0.39, 0.29) is 12.1 Å². The van der Waals surface area contributed by atoms with Crippen LogP contribution < -0.4 is 24.6 Å². The smallest absolute Gasteiger partial charge is 0.299 e. The molecule has 45 heavy (non-hydrogen) atoms. The summed E-state index contributed by atoms with van der Waals surface area (Å²) >= 11 is 0. The molecule has 0 saturated carbocycles. The van der Waals surface area contributed by atoms with Gasteiger partial charge in [0.1, 0.15) is 12.6 Å². The van der Waals surface area contributed by atoms with Crippen molar-refractivity contribution in [3.63, 3.8) is 0 Å². The Morgan fingerprint density at radius 1 is 0.822 bits per heavy atom. The minimum absolute atomic E-state index is 0.0449. The van der Waals surface area contributed by atoms with Crippen LogP contribution in [0.1, 0.15) is 27.5 Å². The van der Waals surface area contributed by atoms with Gasteiger partial charge in [0.2, 0.25) is 5.91 Å². The number of fused-ring (bicyclic) bond motifs is 1. The summed E-state index contributed by atoms with van der Waals surface area (Å²) in [6, 6.07) is 27.0. The highest BCUT2D eigenvalue weighted by Crippen LogP contribution is 2.35. The highest BCUT2D eigenvalue weighted by atomic mass is 16.5. The van der Waals surface area contributed by atoms with E-state index in [2.05, 4.69) is 5.32 Å². The molecular formula is C35H34N4O6. The molecule has 10 nitrogen and oxygen atoms in total. The number of benzene rings is 4. The number of amides is 3. The Kier molecular flexibility index (Phi) is 9.13. The number of methoxy groups -OCH3 is 2. The normalized spacial score (nSPS) is 12.8. The van der Waals surface area contributed by atoms with Crippen molar-refractivity contribution in [1.82, 2.24) is 4.90 Å². The third kappa shape index (κ3) is 6.50. The number of anilines is 3. The Bertz CT molecular complexity index is 1720. The number of nitrogens with one attached hydrogen (secondary N) is 1. The molecule has 0 fully saturated rings. The first-order chi connectivity index (χ1) is 21.7. The van der Waals surface area contributed by atoms with Gasteiger partial charge in [-0.05, 0) is 59.7 Å². The quantitative estimate of drug-likeness (QED) is 0.247. The number of carbonyl (C=O) groups is 4. The van der Waals surface area contributed by atoms with Gasteiger partial charge in [0.15, 0.2) is 11.5 Å². The lowest BCUT2D eigenvalue weighted by Crippen LogP contribution is -2.46. The fraction of sp³-hybridized carbons (Fsp3) is 0.200. The van der Waals surface area contributed by atoms with Crippen molar-refractivity contribution in [2.45, 2.75) is 12.6 Å². The zero-order chi connectivity index (χ0) is 32.1. The van der Waals surface area contributed by atoms with Crippen LogP contribution in [0.4, 0.5) is 17.1 Å². The number of ether oxygens (including phenoxy) is 2. The molecule has 0 saturated heterocycles. The zero-order valence-electron chi connectivity index (χ0n) is 25.5. The molecule has 230 valence electrons. The van der Waals surface area contributed by atoms with Gasteiger partial charge in [-0.1, -0.05) is 48.5 Å². The van der Waals surface area contributed by atoms with Crippen LogP contribution in [0.3, 0.4) is 0 Å². The van der Waals surface area contributed by atoms with E-state index in [9.17, 15) is 19.2 Å². The predicted octanol–water partition coefficient (Wildman–Crippen LogP) is 4.71. The number of nitrogens with zero attached hydrogens (tertiary/aromatic N) is 3. The van der Waals surface area contributed by atoms with Crippen molar-refractivity contribution in [3.05, 3.63) is 114 Å². The topological polar surface area (TPSA) is 108 Å². The van der Waals surface area contributed by atoms with Crippen molar-refractivity contribution in [3.8, 4) is 11.5 Å². The molecule has 4 aromatic carbocycles. The molecule has 4 aromatic rings. The standard InChI is InChI=1S/C35H34N4O6/c1-37(2)26-17-15-25(16-18-26)36-34(42)32(24-14-19-29(44-3)30(20-24)45-4)39(21-23-10-6-5-7-11-23)31(40)22-38-28-13-9-8-12-27(28)33(41)35(38)43/h5-20,32H,21-22H2,1-4H3,(H,36,42)/t32-/m0/s1. The fourth-order valence-electron chi connectivity index (χ4n) is 5.28. The second kappa shape index (κ2) is 13.3. The molecule has 1 heterocycles. The molecule has 1 N–H and O–H groups in total. The van der Waals surface area contributed by atoms with Gasteiger partial charge in [0.25, 0.3) is 17.6 Å². The number of ketones is 1. The van der Waals surface area contributed by atoms with E-state index in [0.29, 0.717) is 28.4 Å². The number of rotatable bonds is 11.